The maximum absolute atomic E-state index is 12.9. The van der Waals surface area contributed by atoms with Gasteiger partial charge in [-0.15, -0.1) is 0 Å². The van der Waals surface area contributed by atoms with E-state index in [-0.39, 0.29) is 11.1 Å². The normalized spacial score (nSPS) is 9.88. The maximum Gasteiger partial charge on any atom is 0.251 e. The Morgan fingerprint density at radius 1 is 1.41 bits per heavy atom. The number of benzene rings is 1. The Morgan fingerprint density at radius 2 is 2.24 bits per heavy atom. The van der Waals surface area contributed by atoms with Gasteiger partial charge in [-0.3, -0.25) is 4.79 Å². The summed E-state index contributed by atoms with van der Waals surface area (Å²) in [6, 6.07) is 7.06. The number of nitrogens with one attached hydrogen (secondary N) is 1. The van der Waals surface area contributed by atoms with Crippen molar-refractivity contribution in [3.63, 3.8) is 0 Å². The number of aromatic amines is 1. The van der Waals surface area contributed by atoms with Crippen molar-refractivity contribution in [1.82, 2.24) is 9.97 Å². The first-order valence-electron chi connectivity index (χ1n) is 4.62. The zero-order chi connectivity index (χ0) is 12.3. The molecular formula is C11H6FN3OS. The van der Waals surface area contributed by atoms with Gasteiger partial charge in [-0.1, -0.05) is 11.8 Å². The summed E-state index contributed by atoms with van der Waals surface area (Å²) in [5.41, 5.74) is -0.0652. The van der Waals surface area contributed by atoms with Gasteiger partial charge in [0.05, 0.1) is 5.56 Å². The molecule has 0 atom stereocenters. The summed E-state index contributed by atoms with van der Waals surface area (Å²) in [5.74, 6) is -0.472. The van der Waals surface area contributed by atoms with E-state index in [1.54, 1.807) is 0 Å². The highest BCUT2D eigenvalue weighted by atomic mass is 32.2. The first kappa shape index (κ1) is 11.4. The summed E-state index contributed by atoms with van der Waals surface area (Å²) < 4.78 is 12.9. The van der Waals surface area contributed by atoms with Gasteiger partial charge in [-0.05, 0) is 18.2 Å². The number of aromatic nitrogens is 2. The Hall–Kier alpha value is -2.13. The van der Waals surface area contributed by atoms with Gasteiger partial charge in [0.2, 0.25) is 0 Å². The Kier molecular flexibility index (Phi) is 3.21. The summed E-state index contributed by atoms with van der Waals surface area (Å²) >= 11 is 1.11. The zero-order valence-electron chi connectivity index (χ0n) is 8.48. The molecule has 0 unspecified atom stereocenters. The SMILES string of the molecule is N#Cc1cc(F)ccc1Sc1nccc(=O)[nH]1. The van der Waals surface area contributed by atoms with Crippen molar-refractivity contribution in [2.75, 3.05) is 0 Å². The van der Waals surface area contributed by atoms with Crippen LogP contribution in [0, 0.1) is 17.1 Å². The first-order chi connectivity index (χ1) is 8.19. The van der Waals surface area contributed by atoms with Crippen LogP contribution in [0.1, 0.15) is 5.56 Å². The summed E-state index contributed by atoms with van der Waals surface area (Å²) in [6.07, 6.45) is 1.37. The number of halogens is 1. The molecule has 0 saturated heterocycles. The molecule has 2 rings (SSSR count). The van der Waals surface area contributed by atoms with Crippen molar-refractivity contribution in [3.8, 4) is 6.07 Å². The fourth-order valence-corrected chi connectivity index (χ4v) is 2.01. The minimum atomic E-state index is -0.472. The van der Waals surface area contributed by atoms with E-state index in [9.17, 15) is 9.18 Å². The molecule has 0 saturated carbocycles. The monoisotopic (exact) mass is 247 g/mol. The van der Waals surface area contributed by atoms with Crippen LogP contribution in [0.3, 0.4) is 0 Å². The molecule has 0 bridgehead atoms. The van der Waals surface area contributed by atoms with Crippen LogP contribution in [-0.4, -0.2) is 9.97 Å². The van der Waals surface area contributed by atoms with Gasteiger partial charge < -0.3 is 4.98 Å². The van der Waals surface area contributed by atoms with E-state index in [4.69, 9.17) is 5.26 Å². The highest BCUT2D eigenvalue weighted by molar-refractivity contribution is 7.99. The fraction of sp³-hybridized carbons (Fsp3) is 0. The van der Waals surface area contributed by atoms with E-state index in [1.807, 2.05) is 6.07 Å². The zero-order valence-corrected chi connectivity index (χ0v) is 9.29. The van der Waals surface area contributed by atoms with Crippen LogP contribution in [0.25, 0.3) is 0 Å². The molecule has 0 spiro atoms. The highest BCUT2D eigenvalue weighted by Gasteiger charge is 2.06. The van der Waals surface area contributed by atoms with E-state index in [0.717, 1.165) is 17.8 Å². The number of H-pyrrole nitrogens is 1. The molecule has 0 aliphatic rings. The fourth-order valence-electron chi connectivity index (χ4n) is 1.19. The number of hydrogen-bond donors (Lipinski definition) is 1. The third kappa shape index (κ3) is 2.71. The summed E-state index contributed by atoms with van der Waals surface area (Å²) in [7, 11) is 0. The van der Waals surface area contributed by atoms with Gasteiger partial charge in [0.25, 0.3) is 5.56 Å². The number of nitriles is 1. The Bertz CT molecular complexity index is 648. The lowest BCUT2D eigenvalue weighted by Crippen LogP contribution is -2.05. The minimum absolute atomic E-state index is 0.210. The van der Waals surface area contributed by atoms with Crippen molar-refractivity contribution < 1.29 is 4.39 Å². The van der Waals surface area contributed by atoms with Crippen LogP contribution < -0.4 is 5.56 Å². The summed E-state index contributed by atoms with van der Waals surface area (Å²) in [6.45, 7) is 0. The Balaban J connectivity index is 2.37. The predicted octanol–water partition coefficient (Wildman–Crippen LogP) is 1.93. The summed E-state index contributed by atoms with van der Waals surface area (Å²) in [4.78, 5) is 18.1. The molecule has 0 radical (unpaired) electrons. The molecule has 0 aliphatic heterocycles. The van der Waals surface area contributed by atoms with Crippen LogP contribution in [0.4, 0.5) is 4.39 Å². The van der Waals surface area contributed by atoms with Crippen LogP contribution in [0.5, 0.6) is 0 Å². The van der Waals surface area contributed by atoms with Gasteiger partial charge in [-0.25, -0.2) is 9.37 Å². The second-order valence-electron chi connectivity index (χ2n) is 3.09. The van der Waals surface area contributed by atoms with Crippen LogP contribution in [0.15, 0.2) is 45.3 Å². The second-order valence-corrected chi connectivity index (χ2v) is 4.12. The number of nitrogens with zero attached hydrogens (tertiary/aromatic N) is 2. The molecule has 84 valence electrons. The molecule has 1 aromatic heterocycles. The molecule has 0 aliphatic carbocycles. The average Bonchev–Trinajstić information content (AvgIpc) is 2.31. The van der Waals surface area contributed by atoms with Gasteiger partial charge in [0.1, 0.15) is 11.9 Å². The van der Waals surface area contributed by atoms with Gasteiger partial charge in [-0.2, -0.15) is 5.26 Å². The average molecular weight is 247 g/mol. The first-order valence-corrected chi connectivity index (χ1v) is 5.43. The van der Waals surface area contributed by atoms with Crippen molar-refractivity contribution in [3.05, 3.63) is 52.2 Å². The molecule has 2 aromatic rings. The number of rotatable bonds is 2. The van der Waals surface area contributed by atoms with Gasteiger partial charge >= 0.3 is 0 Å². The number of hydrogen-bond acceptors (Lipinski definition) is 4. The highest BCUT2D eigenvalue weighted by Crippen LogP contribution is 2.27. The van der Waals surface area contributed by atoms with Crippen molar-refractivity contribution in [2.45, 2.75) is 10.1 Å². The lowest BCUT2D eigenvalue weighted by molar-refractivity contribution is 0.626. The van der Waals surface area contributed by atoms with E-state index in [1.165, 1.54) is 24.4 Å². The molecule has 1 heterocycles. The molecular weight excluding hydrogens is 241 g/mol. The van der Waals surface area contributed by atoms with Crippen LogP contribution in [0.2, 0.25) is 0 Å². The lowest BCUT2D eigenvalue weighted by Gasteiger charge is -2.02. The summed E-state index contributed by atoms with van der Waals surface area (Å²) in [5, 5.41) is 9.21. The standard InChI is InChI=1S/C11H6FN3OS/c12-8-1-2-9(7(5-8)6-13)17-11-14-4-3-10(16)15-11/h1-5H,(H,14,15,16). The molecule has 1 aromatic carbocycles. The Labute approximate surface area is 100 Å². The van der Waals surface area contributed by atoms with Crippen LogP contribution >= 0.6 is 11.8 Å². The lowest BCUT2D eigenvalue weighted by atomic mass is 10.2. The van der Waals surface area contributed by atoms with Crippen molar-refractivity contribution >= 4 is 11.8 Å². The third-order valence-electron chi connectivity index (χ3n) is 1.92. The molecule has 0 amide bonds. The van der Waals surface area contributed by atoms with Gasteiger partial charge in [0.15, 0.2) is 5.16 Å². The quantitative estimate of drug-likeness (QED) is 0.823. The van der Waals surface area contributed by atoms with E-state index in [2.05, 4.69) is 9.97 Å². The molecule has 6 heteroatoms. The van der Waals surface area contributed by atoms with Crippen LogP contribution in [-0.2, 0) is 0 Å². The minimum Gasteiger partial charge on any atom is -0.301 e. The smallest absolute Gasteiger partial charge is 0.251 e. The topological polar surface area (TPSA) is 69.5 Å². The second kappa shape index (κ2) is 4.80. The van der Waals surface area contributed by atoms with Gasteiger partial charge in [0, 0.05) is 17.2 Å². The third-order valence-corrected chi connectivity index (χ3v) is 2.89. The predicted molar refractivity (Wildman–Crippen MR) is 60.1 cm³/mol. The molecule has 1 N–H and O–H groups in total. The Morgan fingerprint density at radius 3 is 2.94 bits per heavy atom. The molecule has 0 fully saturated rings. The largest absolute Gasteiger partial charge is 0.301 e. The molecule has 4 nitrogen and oxygen atoms in total. The van der Waals surface area contributed by atoms with E-state index < -0.39 is 5.82 Å². The van der Waals surface area contributed by atoms with Crippen molar-refractivity contribution in [1.29, 1.82) is 5.26 Å². The maximum atomic E-state index is 12.9. The van der Waals surface area contributed by atoms with Crippen molar-refractivity contribution in [2.24, 2.45) is 0 Å². The van der Waals surface area contributed by atoms with E-state index in [0.29, 0.717) is 10.1 Å². The van der Waals surface area contributed by atoms with E-state index >= 15 is 0 Å². The molecule has 17 heavy (non-hydrogen) atoms.